The van der Waals surface area contributed by atoms with Crippen molar-refractivity contribution < 1.29 is 9.47 Å². The fraction of sp³-hybridized carbons (Fsp3) is 0.538. The highest BCUT2D eigenvalue weighted by Crippen LogP contribution is 2.14. The number of hydrogen-bond acceptors (Lipinski definition) is 3. The molecule has 0 saturated carbocycles. The van der Waals surface area contributed by atoms with Gasteiger partial charge in [0.1, 0.15) is 0 Å². The Labute approximate surface area is 108 Å². The lowest BCUT2D eigenvalue weighted by atomic mass is 10.1. The minimum absolute atomic E-state index is 0.0904. The molecule has 96 valence electrons. The molecule has 0 aliphatic carbocycles. The largest absolute Gasteiger partial charge is 0.382 e. The van der Waals surface area contributed by atoms with E-state index in [-0.39, 0.29) is 6.10 Å². The first-order valence-corrected chi connectivity index (χ1v) is 6.02. The van der Waals surface area contributed by atoms with E-state index in [1.807, 2.05) is 18.2 Å². The van der Waals surface area contributed by atoms with Crippen molar-refractivity contribution in [2.45, 2.75) is 19.6 Å². The van der Waals surface area contributed by atoms with Gasteiger partial charge >= 0.3 is 0 Å². The van der Waals surface area contributed by atoms with Crippen LogP contribution < -0.4 is 5.32 Å². The Bertz CT molecular complexity index is 344. The number of nitrogens with one attached hydrogen (secondary N) is 1. The summed E-state index contributed by atoms with van der Waals surface area (Å²) < 4.78 is 10.3. The zero-order chi connectivity index (χ0) is 12.7. The molecule has 0 aliphatic rings. The van der Waals surface area contributed by atoms with Crippen molar-refractivity contribution in [2.75, 3.05) is 27.4 Å². The molecular weight excluding hydrogens is 238 g/mol. The molecule has 0 aromatic heterocycles. The Morgan fingerprint density at radius 2 is 2.12 bits per heavy atom. The van der Waals surface area contributed by atoms with E-state index in [0.717, 1.165) is 18.1 Å². The predicted octanol–water partition coefficient (Wildman–Crippen LogP) is 2.40. The Hall–Kier alpha value is -0.610. The topological polar surface area (TPSA) is 30.5 Å². The molecule has 0 radical (unpaired) electrons. The van der Waals surface area contributed by atoms with Crippen LogP contribution >= 0.6 is 11.6 Å². The van der Waals surface area contributed by atoms with Gasteiger partial charge in [-0.05, 0) is 30.2 Å². The molecule has 0 saturated heterocycles. The molecule has 3 nitrogen and oxygen atoms in total. The maximum absolute atomic E-state index is 5.91. The summed E-state index contributed by atoms with van der Waals surface area (Å²) in [6.07, 6.45) is 0.0904. The average Bonchev–Trinajstić information content (AvgIpc) is 2.30. The van der Waals surface area contributed by atoms with Crippen LogP contribution in [0.3, 0.4) is 0 Å². The smallest absolute Gasteiger partial charge is 0.0928 e. The van der Waals surface area contributed by atoms with Gasteiger partial charge in [-0.3, -0.25) is 0 Å². The Kier molecular flexibility index (Phi) is 6.52. The third-order valence-electron chi connectivity index (χ3n) is 2.68. The van der Waals surface area contributed by atoms with E-state index >= 15 is 0 Å². The molecule has 17 heavy (non-hydrogen) atoms. The molecule has 1 atom stereocenters. The maximum Gasteiger partial charge on any atom is 0.0928 e. The molecule has 1 aromatic rings. The summed E-state index contributed by atoms with van der Waals surface area (Å²) in [7, 11) is 3.37. The van der Waals surface area contributed by atoms with Gasteiger partial charge in [0.15, 0.2) is 0 Å². The lowest BCUT2D eigenvalue weighted by Crippen LogP contribution is -2.31. The van der Waals surface area contributed by atoms with E-state index in [9.17, 15) is 0 Å². The highest BCUT2D eigenvalue weighted by Gasteiger charge is 2.06. The molecule has 0 amide bonds. The number of aryl methyl sites for hydroxylation is 1. The van der Waals surface area contributed by atoms with Crippen LogP contribution in [0.5, 0.6) is 0 Å². The first kappa shape index (κ1) is 14.5. The lowest BCUT2D eigenvalue weighted by molar-refractivity contribution is 0.0288. The molecule has 1 aromatic carbocycles. The van der Waals surface area contributed by atoms with E-state index in [1.165, 1.54) is 11.1 Å². The SMILES string of the molecule is COCC(CNCc1ccc(Cl)cc1C)OC. The van der Waals surface area contributed by atoms with Crippen LogP contribution in [0.2, 0.25) is 5.02 Å². The van der Waals surface area contributed by atoms with Gasteiger partial charge in [-0.2, -0.15) is 0 Å². The molecule has 0 aliphatic heterocycles. The summed E-state index contributed by atoms with van der Waals surface area (Å²) in [5.41, 5.74) is 2.45. The van der Waals surface area contributed by atoms with Crippen molar-refractivity contribution in [3.8, 4) is 0 Å². The molecule has 0 spiro atoms. The molecule has 1 N–H and O–H groups in total. The van der Waals surface area contributed by atoms with Gasteiger partial charge in [0.25, 0.3) is 0 Å². The highest BCUT2D eigenvalue weighted by molar-refractivity contribution is 6.30. The standard InChI is InChI=1S/C13H20ClNO2/c1-10-6-12(14)5-4-11(10)7-15-8-13(17-3)9-16-2/h4-6,13,15H,7-9H2,1-3H3. The lowest BCUT2D eigenvalue weighted by Gasteiger charge is -2.15. The molecule has 1 unspecified atom stereocenters. The van der Waals surface area contributed by atoms with Crippen LogP contribution in [-0.4, -0.2) is 33.5 Å². The monoisotopic (exact) mass is 257 g/mol. The molecule has 0 bridgehead atoms. The van der Waals surface area contributed by atoms with Gasteiger partial charge in [-0.15, -0.1) is 0 Å². The highest BCUT2D eigenvalue weighted by atomic mass is 35.5. The van der Waals surface area contributed by atoms with Crippen molar-refractivity contribution in [3.05, 3.63) is 34.3 Å². The number of hydrogen-bond donors (Lipinski definition) is 1. The fourth-order valence-electron chi connectivity index (χ4n) is 1.62. The van der Waals surface area contributed by atoms with E-state index in [4.69, 9.17) is 21.1 Å². The number of rotatable bonds is 7. The van der Waals surface area contributed by atoms with Gasteiger partial charge < -0.3 is 14.8 Å². The Morgan fingerprint density at radius 1 is 1.35 bits per heavy atom. The van der Waals surface area contributed by atoms with Crippen molar-refractivity contribution in [1.29, 1.82) is 0 Å². The van der Waals surface area contributed by atoms with Crippen molar-refractivity contribution in [1.82, 2.24) is 5.32 Å². The number of methoxy groups -OCH3 is 2. The average molecular weight is 258 g/mol. The van der Waals surface area contributed by atoms with Crippen molar-refractivity contribution in [2.24, 2.45) is 0 Å². The molecule has 4 heteroatoms. The normalized spacial score (nSPS) is 12.7. The van der Waals surface area contributed by atoms with Crippen LogP contribution in [0.25, 0.3) is 0 Å². The van der Waals surface area contributed by atoms with E-state index < -0.39 is 0 Å². The Balaban J connectivity index is 2.39. The van der Waals surface area contributed by atoms with Gasteiger partial charge in [-0.1, -0.05) is 17.7 Å². The summed E-state index contributed by atoms with van der Waals surface area (Å²) >= 11 is 5.91. The summed E-state index contributed by atoms with van der Waals surface area (Å²) in [6, 6.07) is 5.93. The van der Waals surface area contributed by atoms with Crippen LogP contribution in [0.4, 0.5) is 0 Å². The molecule has 0 heterocycles. The van der Waals surface area contributed by atoms with E-state index in [0.29, 0.717) is 6.61 Å². The summed E-state index contributed by atoms with van der Waals surface area (Å²) in [5.74, 6) is 0. The second kappa shape index (κ2) is 7.67. The second-order valence-corrected chi connectivity index (χ2v) is 4.45. The zero-order valence-corrected chi connectivity index (χ0v) is 11.4. The van der Waals surface area contributed by atoms with Gasteiger partial charge in [-0.25, -0.2) is 0 Å². The number of ether oxygens (including phenoxy) is 2. The van der Waals surface area contributed by atoms with E-state index in [1.54, 1.807) is 14.2 Å². The maximum atomic E-state index is 5.91. The van der Waals surface area contributed by atoms with Crippen LogP contribution in [-0.2, 0) is 16.0 Å². The summed E-state index contributed by atoms with van der Waals surface area (Å²) in [4.78, 5) is 0. The number of benzene rings is 1. The predicted molar refractivity (Wildman–Crippen MR) is 70.6 cm³/mol. The van der Waals surface area contributed by atoms with Gasteiger partial charge in [0.05, 0.1) is 12.7 Å². The zero-order valence-electron chi connectivity index (χ0n) is 10.6. The summed E-state index contributed by atoms with van der Waals surface area (Å²) in [6.45, 7) is 4.24. The van der Waals surface area contributed by atoms with Gasteiger partial charge in [0.2, 0.25) is 0 Å². The van der Waals surface area contributed by atoms with Gasteiger partial charge in [0, 0.05) is 32.3 Å². The first-order valence-electron chi connectivity index (χ1n) is 5.65. The third kappa shape index (κ3) is 5.04. The number of halogens is 1. The fourth-order valence-corrected chi connectivity index (χ4v) is 1.85. The van der Waals surface area contributed by atoms with Crippen LogP contribution in [0.15, 0.2) is 18.2 Å². The molecular formula is C13H20ClNO2. The second-order valence-electron chi connectivity index (χ2n) is 4.01. The third-order valence-corrected chi connectivity index (χ3v) is 2.91. The first-order chi connectivity index (χ1) is 8.17. The minimum atomic E-state index is 0.0904. The molecule has 0 fully saturated rings. The Morgan fingerprint density at radius 3 is 2.71 bits per heavy atom. The van der Waals surface area contributed by atoms with Crippen LogP contribution in [0.1, 0.15) is 11.1 Å². The summed E-state index contributed by atoms with van der Waals surface area (Å²) in [5, 5.41) is 4.13. The van der Waals surface area contributed by atoms with Crippen molar-refractivity contribution in [3.63, 3.8) is 0 Å². The quantitative estimate of drug-likeness (QED) is 0.814. The van der Waals surface area contributed by atoms with Crippen LogP contribution in [0, 0.1) is 6.92 Å². The van der Waals surface area contributed by atoms with E-state index in [2.05, 4.69) is 12.2 Å². The minimum Gasteiger partial charge on any atom is -0.382 e. The molecule has 1 rings (SSSR count). The van der Waals surface area contributed by atoms with Crippen molar-refractivity contribution >= 4 is 11.6 Å².